The quantitative estimate of drug-likeness (QED) is 0.706. The zero-order chi connectivity index (χ0) is 10.8. The van der Waals surface area contributed by atoms with Crippen molar-refractivity contribution < 1.29 is 9.47 Å². The Morgan fingerprint density at radius 2 is 2.13 bits per heavy atom. The number of hydrogen-bond donors (Lipinski definition) is 0. The highest BCUT2D eigenvalue weighted by molar-refractivity contribution is 5.42. The maximum absolute atomic E-state index is 5.76. The van der Waals surface area contributed by atoms with Crippen LogP contribution in [0.2, 0.25) is 0 Å². The van der Waals surface area contributed by atoms with Crippen molar-refractivity contribution in [3.63, 3.8) is 0 Å². The second-order valence-electron chi connectivity index (χ2n) is 4.16. The van der Waals surface area contributed by atoms with E-state index in [0.29, 0.717) is 12.7 Å². The monoisotopic (exact) mass is 206 g/mol. The van der Waals surface area contributed by atoms with E-state index in [2.05, 4.69) is 32.9 Å². The summed E-state index contributed by atoms with van der Waals surface area (Å²) in [6.07, 6.45) is 1.38. The molecule has 1 aliphatic heterocycles. The third-order valence-electron chi connectivity index (χ3n) is 2.91. The highest BCUT2D eigenvalue weighted by Crippen LogP contribution is 2.25. The van der Waals surface area contributed by atoms with E-state index in [4.69, 9.17) is 9.47 Å². The van der Waals surface area contributed by atoms with E-state index in [1.165, 1.54) is 16.7 Å². The molecule has 2 heteroatoms. The fourth-order valence-electron chi connectivity index (χ4n) is 1.60. The van der Waals surface area contributed by atoms with Crippen molar-refractivity contribution in [2.45, 2.75) is 33.3 Å². The maximum Gasteiger partial charge on any atom is 0.122 e. The van der Waals surface area contributed by atoms with Crippen LogP contribution in [-0.4, -0.2) is 19.3 Å². The first-order valence-corrected chi connectivity index (χ1v) is 5.55. The molecule has 1 aromatic carbocycles. The summed E-state index contributed by atoms with van der Waals surface area (Å²) in [4.78, 5) is 0. The molecule has 1 fully saturated rings. The smallest absolute Gasteiger partial charge is 0.122 e. The first-order valence-electron chi connectivity index (χ1n) is 5.55. The van der Waals surface area contributed by atoms with E-state index in [9.17, 15) is 0 Å². The molecule has 1 unspecified atom stereocenters. The zero-order valence-corrected chi connectivity index (χ0v) is 9.67. The van der Waals surface area contributed by atoms with Crippen LogP contribution in [0.25, 0.3) is 0 Å². The Balaban J connectivity index is 2.15. The Kier molecular flexibility index (Phi) is 2.96. The molecule has 15 heavy (non-hydrogen) atoms. The second kappa shape index (κ2) is 4.23. The van der Waals surface area contributed by atoms with Crippen molar-refractivity contribution in [1.29, 1.82) is 0 Å². The van der Waals surface area contributed by atoms with Crippen LogP contribution in [0.3, 0.4) is 0 Å². The van der Waals surface area contributed by atoms with Crippen molar-refractivity contribution in [3.8, 4) is 5.75 Å². The minimum Gasteiger partial charge on any atom is -0.490 e. The lowest BCUT2D eigenvalue weighted by atomic mass is 10.0. The predicted molar refractivity (Wildman–Crippen MR) is 60.5 cm³/mol. The lowest BCUT2D eigenvalue weighted by Gasteiger charge is -2.12. The van der Waals surface area contributed by atoms with Crippen LogP contribution in [0.4, 0.5) is 0 Å². The number of rotatable bonds is 4. The third kappa shape index (κ3) is 2.51. The van der Waals surface area contributed by atoms with Gasteiger partial charge in [-0.3, -0.25) is 0 Å². The summed E-state index contributed by atoms with van der Waals surface area (Å²) in [5, 5.41) is 0. The number of hydrogen-bond acceptors (Lipinski definition) is 2. The van der Waals surface area contributed by atoms with E-state index >= 15 is 0 Å². The Labute approximate surface area is 91.2 Å². The van der Waals surface area contributed by atoms with Gasteiger partial charge in [0.25, 0.3) is 0 Å². The Morgan fingerprint density at radius 3 is 2.73 bits per heavy atom. The topological polar surface area (TPSA) is 21.8 Å². The molecule has 1 aliphatic rings. The number of aryl methyl sites for hydroxylation is 2. The molecule has 82 valence electrons. The number of benzene rings is 1. The van der Waals surface area contributed by atoms with Gasteiger partial charge in [-0.05, 0) is 43.0 Å². The molecule has 2 rings (SSSR count). The molecule has 0 radical (unpaired) electrons. The van der Waals surface area contributed by atoms with Crippen molar-refractivity contribution >= 4 is 0 Å². The fraction of sp³-hybridized carbons (Fsp3) is 0.538. The van der Waals surface area contributed by atoms with Gasteiger partial charge in [-0.2, -0.15) is 0 Å². The Morgan fingerprint density at radius 1 is 1.40 bits per heavy atom. The minimum atomic E-state index is 0.329. The van der Waals surface area contributed by atoms with E-state index in [-0.39, 0.29) is 0 Å². The lowest BCUT2D eigenvalue weighted by molar-refractivity contribution is 0.261. The van der Waals surface area contributed by atoms with Gasteiger partial charge < -0.3 is 9.47 Å². The molecule has 2 nitrogen and oxygen atoms in total. The van der Waals surface area contributed by atoms with Crippen LogP contribution in [-0.2, 0) is 11.2 Å². The normalized spacial score (nSPS) is 19.0. The van der Waals surface area contributed by atoms with Crippen LogP contribution in [0.5, 0.6) is 5.75 Å². The highest BCUT2D eigenvalue weighted by Gasteiger charge is 2.23. The summed E-state index contributed by atoms with van der Waals surface area (Å²) >= 11 is 0. The van der Waals surface area contributed by atoms with E-state index in [0.717, 1.165) is 18.8 Å². The predicted octanol–water partition coefficient (Wildman–Crippen LogP) is 2.64. The van der Waals surface area contributed by atoms with E-state index < -0.39 is 0 Å². The van der Waals surface area contributed by atoms with Gasteiger partial charge >= 0.3 is 0 Å². The van der Waals surface area contributed by atoms with E-state index in [1.807, 2.05) is 0 Å². The van der Waals surface area contributed by atoms with Crippen molar-refractivity contribution in [1.82, 2.24) is 0 Å². The van der Waals surface area contributed by atoms with Gasteiger partial charge in [0.1, 0.15) is 18.5 Å². The van der Waals surface area contributed by atoms with Gasteiger partial charge in [-0.1, -0.05) is 13.0 Å². The van der Waals surface area contributed by atoms with Gasteiger partial charge in [0.2, 0.25) is 0 Å². The molecule has 0 aromatic heterocycles. The van der Waals surface area contributed by atoms with Crippen LogP contribution in [0, 0.1) is 13.8 Å². The summed E-state index contributed by atoms with van der Waals surface area (Å²) in [6.45, 7) is 7.95. The van der Waals surface area contributed by atoms with Gasteiger partial charge in [-0.25, -0.2) is 0 Å². The molecular formula is C13H18O2. The summed E-state index contributed by atoms with van der Waals surface area (Å²) in [5.41, 5.74) is 3.89. The molecule has 0 aliphatic carbocycles. The van der Waals surface area contributed by atoms with E-state index in [1.54, 1.807) is 0 Å². The zero-order valence-electron chi connectivity index (χ0n) is 9.67. The lowest BCUT2D eigenvalue weighted by Crippen LogP contribution is -2.06. The van der Waals surface area contributed by atoms with Crippen LogP contribution in [0.15, 0.2) is 12.1 Å². The average molecular weight is 206 g/mol. The summed E-state index contributed by atoms with van der Waals surface area (Å²) in [6, 6.07) is 4.38. The summed E-state index contributed by atoms with van der Waals surface area (Å²) in [7, 11) is 0. The molecule has 0 saturated carbocycles. The molecule has 0 spiro atoms. The first kappa shape index (κ1) is 10.5. The Bertz CT molecular complexity index is 354. The van der Waals surface area contributed by atoms with Gasteiger partial charge in [-0.15, -0.1) is 0 Å². The van der Waals surface area contributed by atoms with Crippen LogP contribution < -0.4 is 4.74 Å². The Hall–Kier alpha value is -1.02. The second-order valence-corrected chi connectivity index (χ2v) is 4.16. The highest BCUT2D eigenvalue weighted by atomic mass is 16.6. The first-order chi connectivity index (χ1) is 7.20. The van der Waals surface area contributed by atoms with Crippen LogP contribution in [0.1, 0.15) is 23.6 Å². The largest absolute Gasteiger partial charge is 0.490 e. The molecule has 1 aromatic rings. The molecule has 1 atom stereocenters. The molecule has 0 amide bonds. The molecule has 1 saturated heterocycles. The average Bonchev–Trinajstić information content (AvgIpc) is 3.03. The third-order valence-corrected chi connectivity index (χ3v) is 2.91. The SMILES string of the molecule is CCc1cc(C)c(C)c(OCC2CO2)c1. The van der Waals surface area contributed by atoms with Crippen molar-refractivity contribution in [2.75, 3.05) is 13.2 Å². The maximum atomic E-state index is 5.76. The number of ether oxygens (including phenoxy) is 2. The molecule has 1 heterocycles. The van der Waals surface area contributed by atoms with Crippen molar-refractivity contribution in [3.05, 3.63) is 28.8 Å². The standard InChI is InChI=1S/C13H18O2/c1-4-11-5-9(2)10(3)13(6-11)15-8-12-7-14-12/h5-6,12H,4,7-8H2,1-3H3. The molecule has 0 bridgehead atoms. The summed E-state index contributed by atoms with van der Waals surface area (Å²) in [5.74, 6) is 1.02. The molecule has 0 N–H and O–H groups in total. The van der Waals surface area contributed by atoms with Crippen LogP contribution >= 0.6 is 0 Å². The van der Waals surface area contributed by atoms with Gasteiger partial charge in [0.05, 0.1) is 6.61 Å². The molecular weight excluding hydrogens is 188 g/mol. The summed E-state index contributed by atoms with van der Waals surface area (Å²) < 4.78 is 10.9. The van der Waals surface area contributed by atoms with Gasteiger partial charge in [0, 0.05) is 0 Å². The minimum absolute atomic E-state index is 0.329. The van der Waals surface area contributed by atoms with Crippen molar-refractivity contribution in [2.24, 2.45) is 0 Å². The fourth-order valence-corrected chi connectivity index (χ4v) is 1.60. The van der Waals surface area contributed by atoms with Gasteiger partial charge in [0.15, 0.2) is 0 Å². The number of epoxide rings is 1.